The first-order chi connectivity index (χ1) is 5.07. The van der Waals surface area contributed by atoms with Gasteiger partial charge in [-0.3, -0.25) is 4.79 Å². The van der Waals surface area contributed by atoms with Gasteiger partial charge >= 0.3 is 12.1 Å². The minimum absolute atomic E-state index is 0.0397. The lowest BCUT2D eigenvalue weighted by atomic mass is 10.2. The van der Waals surface area contributed by atoms with E-state index in [9.17, 15) is 9.59 Å². The average Bonchev–Trinajstić information content (AvgIpc) is 1.98. The van der Waals surface area contributed by atoms with Gasteiger partial charge < -0.3 is 15.2 Å². The molecule has 0 aromatic rings. The Morgan fingerprint density at radius 2 is 2.09 bits per heavy atom. The lowest BCUT2D eigenvalue weighted by molar-refractivity contribution is -0.146. The second-order valence-corrected chi connectivity index (χ2v) is 2.05. The molecule has 0 aromatic heterocycles. The molecule has 0 heterocycles. The summed E-state index contributed by atoms with van der Waals surface area (Å²) in [4.78, 5) is 20.7. The van der Waals surface area contributed by atoms with Crippen LogP contribution in [0.3, 0.4) is 0 Å². The second-order valence-electron chi connectivity index (χ2n) is 2.05. The highest BCUT2D eigenvalue weighted by Crippen LogP contribution is 1.97. The number of esters is 1. The van der Waals surface area contributed by atoms with E-state index in [2.05, 4.69) is 15.2 Å². The van der Waals surface area contributed by atoms with Crippen LogP contribution in [0.4, 0.5) is 4.79 Å². The van der Waals surface area contributed by atoms with Crippen LogP contribution in [0, 0.1) is 5.92 Å². The number of nitrogens with two attached hydrogens (primary N) is 1. The Balaban J connectivity index is 3.60. The maximum atomic E-state index is 10.7. The van der Waals surface area contributed by atoms with E-state index >= 15 is 0 Å². The van der Waals surface area contributed by atoms with Crippen LogP contribution in [-0.2, 0) is 14.3 Å². The van der Waals surface area contributed by atoms with Crippen molar-refractivity contribution in [3.05, 3.63) is 0 Å². The van der Waals surface area contributed by atoms with Crippen molar-refractivity contribution in [1.29, 1.82) is 0 Å². The molecule has 0 aliphatic heterocycles. The summed E-state index contributed by atoms with van der Waals surface area (Å²) in [6.45, 7) is 1.54. The summed E-state index contributed by atoms with van der Waals surface area (Å²) in [7, 11) is 1.27. The summed E-state index contributed by atoms with van der Waals surface area (Å²) in [5, 5.41) is 0. The summed E-state index contributed by atoms with van der Waals surface area (Å²) < 4.78 is 8.74. The molecule has 0 aliphatic rings. The first-order valence-corrected chi connectivity index (χ1v) is 3.08. The number of methoxy groups -OCH3 is 1. The van der Waals surface area contributed by atoms with Gasteiger partial charge in [-0.15, -0.1) is 0 Å². The number of amides is 1. The SMILES string of the molecule is COC(=O)C(C)COC(N)=O. The molecule has 0 aliphatic carbocycles. The Labute approximate surface area is 64.5 Å². The number of carbonyl (C=O) groups is 2. The van der Waals surface area contributed by atoms with E-state index in [0.29, 0.717) is 0 Å². The minimum Gasteiger partial charge on any atom is -0.469 e. The van der Waals surface area contributed by atoms with E-state index < -0.39 is 18.0 Å². The molecule has 5 heteroatoms. The van der Waals surface area contributed by atoms with Gasteiger partial charge in [0.25, 0.3) is 0 Å². The molecule has 0 fully saturated rings. The third kappa shape index (κ3) is 4.19. The van der Waals surface area contributed by atoms with Gasteiger partial charge in [-0.1, -0.05) is 0 Å². The van der Waals surface area contributed by atoms with Gasteiger partial charge in [0, 0.05) is 0 Å². The molecule has 1 amide bonds. The second kappa shape index (κ2) is 4.54. The highest BCUT2D eigenvalue weighted by Gasteiger charge is 2.13. The van der Waals surface area contributed by atoms with Crippen LogP contribution >= 0.6 is 0 Å². The number of primary amides is 1. The molecule has 0 saturated carbocycles. The minimum atomic E-state index is -0.888. The standard InChI is InChI=1S/C6H11NO4/c1-4(5(8)10-2)3-11-6(7)9/h4H,3H2,1-2H3,(H2,7,9). The van der Waals surface area contributed by atoms with E-state index in [4.69, 9.17) is 0 Å². The molecule has 0 spiro atoms. The highest BCUT2D eigenvalue weighted by molar-refractivity contribution is 5.72. The molecule has 1 unspecified atom stereocenters. The van der Waals surface area contributed by atoms with Crippen LogP contribution < -0.4 is 5.73 Å². The van der Waals surface area contributed by atoms with Gasteiger partial charge in [-0.25, -0.2) is 4.79 Å². The Bertz CT molecular complexity index is 157. The molecule has 0 aromatic carbocycles. The molecule has 0 rings (SSSR count). The van der Waals surface area contributed by atoms with E-state index in [1.54, 1.807) is 6.92 Å². The smallest absolute Gasteiger partial charge is 0.404 e. The summed E-state index contributed by atoms with van der Waals surface area (Å²) in [5.41, 5.74) is 4.67. The van der Waals surface area contributed by atoms with Crippen LogP contribution in [0.1, 0.15) is 6.92 Å². The molecule has 5 nitrogen and oxygen atoms in total. The van der Waals surface area contributed by atoms with Crippen molar-refractivity contribution in [3.63, 3.8) is 0 Å². The van der Waals surface area contributed by atoms with E-state index in [1.165, 1.54) is 7.11 Å². The Morgan fingerprint density at radius 3 is 2.45 bits per heavy atom. The fourth-order valence-electron chi connectivity index (χ4n) is 0.476. The first kappa shape index (κ1) is 9.74. The molecular weight excluding hydrogens is 150 g/mol. The molecule has 0 bridgehead atoms. The van der Waals surface area contributed by atoms with E-state index in [0.717, 1.165) is 0 Å². The fourth-order valence-corrected chi connectivity index (χ4v) is 0.476. The number of hydrogen-bond acceptors (Lipinski definition) is 4. The van der Waals surface area contributed by atoms with Crippen molar-refractivity contribution < 1.29 is 19.1 Å². The van der Waals surface area contributed by atoms with Crippen LogP contribution in [0.2, 0.25) is 0 Å². The molecule has 1 atom stereocenters. The number of hydrogen-bond donors (Lipinski definition) is 1. The number of carbonyl (C=O) groups excluding carboxylic acids is 2. The van der Waals surface area contributed by atoms with Crippen LogP contribution in [0.15, 0.2) is 0 Å². The number of rotatable bonds is 3. The first-order valence-electron chi connectivity index (χ1n) is 3.08. The zero-order valence-electron chi connectivity index (χ0n) is 6.49. The van der Waals surface area contributed by atoms with Gasteiger partial charge in [-0.2, -0.15) is 0 Å². The van der Waals surface area contributed by atoms with E-state index in [-0.39, 0.29) is 6.61 Å². The molecule has 64 valence electrons. The maximum Gasteiger partial charge on any atom is 0.404 e. The maximum absolute atomic E-state index is 10.7. The summed E-state index contributed by atoms with van der Waals surface area (Å²) in [6.07, 6.45) is -0.888. The Hall–Kier alpha value is -1.26. The van der Waals surface area contributed by atoms with Crippen molar-refractivity contribution in [3.8, 4) is 0 Å². The van der Waals surface area contributed by atoms with Crippen molar-refractivity contribution >= 4 is 12.1 Å². The topological polar surface area (TPSA) is 78.6 Å². The largest absolute Gasteiger partial charge is 0.469 e. The van der Waals surface area contributed by atoms with Gasteiger partial charge in [0.1, 0.15) is 6.61 Å². The normalized spacial score (nSPS) is 11.8. The van der Waals surface area contributed by atoms with Gasteiger partial charge in [0.15, 0.2) is 0 Å². The average molecular weight is 161 g/mol. The quantitative estimate of drug-likeness (QED) is 0.586. The van der Waals surface area contributed by atoms with Gasteiger partial charge in [0.05, 0.1) is 13.0 Å². The van der Waals surface area contributed by atoms with Crippen LogP contribution in [0.5, 0.6) is 0 Å². The van der Waals surface area contributed by atoms with Crippen LogP contribution in [-0.4, -0.2) is 25.8 Å². The predicted octanol–water partition coefficient (Wildman–Crippen LogP) is -0.109. The lowest BCUT2D eigenvalue weighted by Gasteiger charge is -2.07. The third-order valence-corrected chi connectivity index (χ3v) is 1.08. The lowest BCUT2D eigenvalue weighted by Crippen LogP contribution is -2.23. The Morgan fingerprint density at radius 1 is 1.55 bits per heavy atom. The van der Waals surface area contributed by atoms with Crippen molar-refractivity contribution in [1.82, 2.24) is 0 Å². The number of ether oxygens (including phenoxy) is 2. The van der Waals surface area contributed by atoms with Crippen molar-refractivity contribution in [2.75, 3.05) is 13.7 Å². The molecule has 0 radical (unpaired) electrons. The summed E-state index contributed by atoms with van der Waals surface area (Å²) >= 11 is 0. The fraction of sp³-hybridized carbons (Fsp3) is 0.667. The van der Waals surface area contributed by atoms with Gasteiger partial charge in [0.2, 0.25) is 0 Å². The highest BCUT2D eigenvalue weighted by atomic mass is 16.6. The zero-order valence-corrected chi connectivity index (χ0v) is 6.49. The van der Waals surface area contributed by atoms with Crippen LogP contribution in [0.25, 0.3) is 0 Å². The summed E-state index contributed by atoms with van der Waals surface area (Å²) in [5.74, 6) is -0.890. The van der Waals surface area contributed by atoms with Crippen molar-refractivity contribution in [2.24, 2.45) is 11.7 Å². The Kier molecular flexibility index (Phi) is 4.02. The summed E-state index contributed by atoms with van der Waals surface area (Å²) in [6, 6.07) is 0. The van der Waals surface area contributed by atoms with Crippen molar-refractivity contribution in [2.45, 2.75) is 6.92 Å². The third-order valence-electron chi connectivity index (χ3n) is 1.08. The monoisotopic (exact) mass is 161 g/mol. The predicted molar refractivity (Wildman–Crippen MR) is 36.7 cm³/mol. The molecule has 0 saturated heterocycles. The van der Waals surface area contributed by atoms with Gasteiger partial charge in [-0.05, 0) is 6.92 Å². The van der Waals surface area contributed by atoms with E-state index in [1.807, 2.05) is 0 Å². The zero-order chi connectivity index (χ0) is 8.85. The molecular formula is C6H11NO4. The molecule has 2 N–H and O–H groups in total. The molecule has 11 heavy (non-hydrogen) atoms.